The summed E-state index contributed by atoms with van der Waals surface area (Å²) in [5.41, 5.74) is 1.02. The molecule has 5 nitrogen and oxygen atoms in total. The van der Waals surface area contributed by atoms with Crippen LogP contribution in [0, 0.1) is 5.82 Å². The van der Waals surface area contributed by atoms with E-state index in [0.29, 0.717) is 41.9 Å². The maximum atomic E-state index is 13.6. The van der Waals surface area contributed by atoms with E-state index in [1.807, 2.05) is 13.8 Å². The van der Waals surface area contributed by atoms with Crippen LogP contribution in [-0.4, -0.2) is 18.6 Å². The number of halogens is 1. The molecule has 0 N–H and O–H groups in total. The van der Waals surface area contributed by atoms with Crippen LogP contribution in [0.3, 0.4) is 0 Å². The molecule has 2 heterocycles. The Bertz CT molecular complexity index is 1120. The summed E-state index contributed by atoms with van der Waals surface area (Å²) in [6, 6.07) is 11.0. The summed E-state index contributed by atoms with van der Waals surface area (Å²) in [7, 11) is 0. The molecule has 0 spiro atoms. The van der Waals surface area contributed by atoms with E-state index in [4.69, 9.17) is 9.15 Å². The third-order valence-electron chi connectivity index (χ3n) is 5.04. The lowest BCUT2D eigenvalue weighted by Gasteiger charge is -2.35. The summed E-state index contributed by atoms with van der Waals surface area (Å²) in [5, 5.41) is 0.635. The van der Waals surface area contributed by atoms with Gasteiger partial charge in [-0.3, -0.25) is 4.79 Å². The van der Waals surface area contributed by atoms with Crippen molar-refractivity contribution in [3.05, 3.63) is 69.8 Å². The fourth-order valence-electron chi connectivity index (χ4n) is 3.66. The molecule has 1 aliphatic rings. The number of ether oxygens (including phenoxy) is 1. The van der Waals surface area contributed by atoms with Crippen LogP contribution < -0.4 is 15.3 Å². The lowest BCUT2D eigenvalue weighted by atomic mass is 9.95. The number of benzene rings is 2. The van der Waals surface area contributed by atoms with E-state index in [9.17, 15) is 14.0 Å². The number of anilines is 1. The summed E-state index contributed by atoms with van der Waals surface area (Å²) in [4.78, 5) is 27.3. The van der Waals surface area contributed by atoms with Crippen LogP contribution in [0.5, 0.6) is 5.75 Å². The van der Waals surface area contributed by atoms with Gasteiger partial charge in [0, 0.05) is 23.2 Å². The molecule has 1 unspecified atom stereocenters. The fraction of sp³-hybridized carbons (Fsp3) is 0.273. The molecular formula is C22H20FNO4. The normalized spacial score (nSPS) is 16.1. The number of hydrogen-bond donors (Lipinski definition) is 0. The molecule has 0 saturated heterocycles. The molecule has 0 fully saturated rings. The molecule has 2 aromatic carbocycles. The largest absolute Gasteiger partial charge is 0.494 e. The van der Waals surface area contributed by atoms with Crippen LogP contribution in [0.1, 0.15) is 36.2 Å². The first kappa shape index (κ1) is 18.2. The Hall–Kier alpha value is -3.15. The van der Waals surface area contributed by atoms with Gasteiger partial charge in [0.25, 0.3) is 5.91 Å². The average Bonchev–Trinajstić information content (AvgIpc) is 2.67. The highest BCUT2D eigenvalue weighted by molar-refractivity contribution is 6.08. The average molecular weight is 381 g/mol. The lowest BCUT2D eigenvalue weighted by molar-refractivity contribution is 0.0971. The monoisotopic (exact) mass is 381 g/mol. The van der Waals surface area contributed by atoms with E-state index >= 15 is 0 Å². The highest BCUT2D eigenvalue weighted by atomic mass is 19.1. The molecule has 1 aliphatic heterocycles. The summed E-state index contributed by atoms with van der Waals surface area (Å²) in [6.45, 7) is 4.28. The molecule has 0 radical (unpaired) electrons. The van der Waals surface area contributed by atoms with Gasteiger partial charge in [0.2, 0.25) is 0 Å². The second kappa shape index (κ2) is 7.11. The predicted octanol–water partition coefficient (Wildman–Crippen LogP) is 4.31. The van der Waals surface area contributed by atoms with Crippen molar-refractivity contribution < 1.29 is 18.3 Å². The van der Waals surface area contributed by atoms with Crippen molar-refractivity contribution in [1.29, 1.82) is 0 Å². The number of amides is 1. The SMILES string of the molecule is CCOc1ccc2cc(C(=O)N3c4ccc(F)cc4CCC3C)c(=O)oc2c1. The van der Waals surface area contributed by atoms with Crippen molar-refractivity contribution in [2.75, 3.05) is 11.5 Å². The molecule has 0 bridgehead atoms. The topological polar surface area (TPSA) is 59.8 Å². The fourth-order valence-corrected chi connectivity index (χ4v) is 3.66. The highest BCUT2D eigenvalue weighted by Crippen LogP contribution is 2.32. The molecule has 1 atom stereocenters. The summed E-state index contributed by atoms with van der Waals surface area (Å²) in [5.74, 6) is -0.182. The highest BCUT2D eigenvalue weighted by Gasteiger charge is 2.31. The molecule has 0 aliphatic carbocycles. The molecule has 1 amide bonds. The van der Waals surface area contributed by atoms with Crippen molar-refractivity contribution in [2.45, 2.75) is 32.7 Å². The Morgan fingerprint density at radius 3 is 2.86 bits per heavy atom. The number of aryl methyl sites for hydroxylation is 1. The molecular weight excluding hydrogens is 361 g/mol. The van der Waals surface area contributed by atoms with Gasteiger partial charge in [0.15, 0.2) is 0 Å². The van der Waals surface area contributed by atoms with Crippen molar-refractivity contribution in [2.24, 2.45) is 0 Å². The van der Waals surface area contributed by atoms with Gasteiger partial charge in [0.05, 0.1) is 6.61 Å². The van der Waals surface area contributed by atoms with Gasteiger partial charge >= 0.3 is 5.63 Å². The van der Waals surface area contributed by atoms with Gasteiger partial charge in [0.1, 0.15) is 22.7 Å². The van der Waals surface area contributed by atoms with E-state index in [-0.39, 0.29) is 17.4 Å². The van der Waals surface area contributed by atoms with Gasteiger partial charge in [-0.2, -0.15) is 0 Å². The Morgan fingerprint density at radius 2 is 2.07 bits per heavy atom. The molecule has 6 heteroatoms. The van der Waals surface area contributed by atoms with Gasteiger partial charge in [-0.15, -0.1) is 0 Å². The minimum atomic E-state index is -0.701. The van der Waals surface area contributed by atoms with Crippen LogP contribution in [-0.2, 0) is 6.42 Å². The predicted molar refractivity (Wildman–Crippen MR) is 105 cm³/mol. The smallest absolute Gasteiger partial charge is 0.349 e. The minimum Gasteiger partial charge on any atom is -0.494 e. The number of carbonyl (C=O) groups excluding carboxylic acids is 1. The maximum Gasteiger partial charge on any atom is 0.349 e. The van der Waals surface area contributed by atoms with Gasteiger partial charge < -0.3 is 14.1 Å². The van der Waals surface area contributed by atoms with Crippen LogP contribution in [0.2, 0.25) is 0 Å². The number of fused-ring (bicyclic) bond motifs is 2. The summed E-state index contributed by atoms with van der Waals surface area (Å²) < 4.78 is 24.4. The zero-order valence-corrected chi connectivity index (χ0v) is 15.7. The molecule has 4 rings (SSSR count). The van der Waals surface area contributed by atoms with Crippen molar-refractivity contribution in [1.82, 2.24) is 0 Å². The molecule has 28 heavy (non-hydrogen) atoms. The van der Waals surface area contributed by atoms with E-state index < -0.39 is 11.5 Å². The van der Waals surface area contributed by atoms with E-state index in [2.05, 4.69) is 0 Å². The zero-order valence-electron chi connectivity index (χ0n) is 15.7. The van der Waals surface area contributed by atoms with Crippen LogP contribution in [0.4, 0.5) is 10.1 Å². The third-order valence-corrected chi connectivity index (χ3v) is 5.04. The first-order chi connectivity index (χ1) is 13.5. The number of hydrogen-bond acceptors (Lipinski definition) is 4. The summed E-state index contributed by atoms with van der Waals surface area (Å²) >= 11 is 0. The first-order valence-electron chi connectivity index (χ1n) is 9.30. The Morgan fingerprint density at radius 1 is 1.25 bits per heavy atom. The second-order valence-electron chi connectivity index (χ2n) is 6.92. The van der Waals surface area contributed by atoms with Crippen LogP contribution >= 0.6 is 0 Å². The molecule has 0 saturated carbocycles. The van der Waals surface area contributed by atoms with Gasteiger partial charge in [-0.05, 0) is 68.7 Å². The second-order valence-corrected chi connectivity index (χ2v) is 6.92. The lowest BCUT2D eigenvalue weighted by Crippen LogP contribution is -2.43. The third kappa shape index (κ3) is 3.15. The number of rotatable bonds is 3. The Balaban J connectivity index is 1.78. The van der Waals surface area contributed by atoms with Crippen LogP contribution in [0.15, 0.2) is 51.7 Å². The van der Waals surface area contributed by atoms with E-state index in [1.165, 1.54) is 12.1 Å². The summed E-state index contributed by atoms with van der Waals surface area (Å²) in [6.07, 6.45) is 1.38. The standard InChI is InChI=1S/C22H20FNO4/c1-3-27-17-8-6-15-11-18(22(26)28-20(15)12-17)21(25)24-13(2)4-5-14-10-16(23)7-9-19(14)24/h6-13H,3-5H2,1-2H3. The number of nitrogens with zero attached hydrogens (tertiary/aromatic N) is 1. The van der Waals surface area contributed by atoms with Crippen molar-refractivity contribution >= 4 is 22.6 Å². The van der Waals surface area contributed by atoms with Crippen molar-refractivity contribution in [3.63, 3.8) is 0 Å². The van der Waals surface area contributed by atoms with E-state index in [1.54, 1.807) is 35.2 Å². The molecule has 1 aromatic heterocycles. The van der Waals surface area contributed by atoms with E-state index in [0.717, 1.165) is 5.56 Å². The quantitative estimate of drug-likeness (QED) is 0.634. The minimum absolute atomic E-state index is 0.0410. The first-order valence-corrected chi connectivity index (χ1v) is 9.30. The van der Waals surface area contributed by atoms with Crippen LogP contribution in [0.25, 0.3) is 11.0 Å². The Labute approximate surface area is 161 Å². The number of carbonyl (C=O) groups is 1. The molecule has 3 aromatic rings. The van der Waals surface area contributed by atoms with Gasteiger partial charge in [-0.25, -0.2) is 9.18 Å². The maximum absolute atomic E-state index is 13.6. The van der Waals surface area contributed by atoms with Crippen molar-refractivity contribution in [3.8, 4) is 5.75 Å². The zero-order chi connectivity index (χ0) is 19.8. The van der Waals surface area contributed by atoms with Gasteiger partial charge in [-0.1, -0.05) is 0 Å². The Kier molecular flexibility index (Phi) is 4.63. The molecule has 144 valence electrons.